The summed E-state index contributed by atoms with van der Waals surface area (Å²) in [7, 11) is 0. The molecule has 0 fully saturated rings. The van der Waals surface area contributed by atoms with E-state index in [2.05, 4.69) is 5.32 Å². The number of rotatable bonds is 5. The highest BCUT2D eigenvalue weighted by molar-refractivity contribution is 6.42. The Kier molecular flexibility index (Phi) is 5.74. The van der Waals surface area contributed by atoms with E-state index in [4.69, 9.17) is 23.2 Å². The largest absolute Gasteiger partial charge is 0.393 e. The second-order valence-corrected chi connectivity index (χ2v) is 5.30. The van der Waals surface area contributed by atoms with Gasteiger partial charge in [-0.2, -0.15) is 0 Å². The average molecular weight is 276 g/mol. The predicted molar refractivity (Wildman–Crippen MR) is 73.8 cm³/mol. The zero-order valence-electron chi connectivity index (χ0n) is 10.4. The van der Waals surface area contributed by atoms with E-state index >= 15 is 0 Å². The Morgan fingerprint density at radius 1 is 1.24 bits per heavy atom. The predicted octanol–water partition coefficient (Wildman–Crippen LogP) is 3.80. The third-order valence-corrected chi connectivity index (χ3v) is 3.51. The van der Waals surface area contributed by atoms with Crippen molar-refractivity contribution in [2.75, 3.05) is 0 Å². The maximum atomic E-state index is 9.32. The Bertz CT molecular complexity index is 368. The van der Waals surface area contributed by atoms with Crippen LogP contribution >= 0.6 is 23.2 Å². The molecule has 3 unspecified atom stereocenters. The molecule has 1 aromatic rings. The van der Waals surface area contributed by atoms with E-state index in [1.54, 1.807) is 13.0 Å². The summed E-state index contributed by atoms with van der Waals surface area (Å²) in [6.07, 6.45) is 0.405. The Morgan fingerprint density at radius 2 is 1.88 bits per heavy atom. The van der Waals surface area contributed by atoms with Crippen molar-refractivity contribution in [1.82, 2.24) is 5.32 Å². The van der Waals surface area contributed by atoms with Gasteiger partial charge in [-0.1, -0.05) is 35.3 Å². The van der Waals surface area contributed by atoms with Gasteiger partial charge in [0.25, 0.3) is 0 Å². The summed E-state index contributed by atoms with van der Waals surface area (Å²) < 4.78 is 0. The summed E-state index contributed by atoms with van der Waals surface area (Å²) in [5.41, 5.74) is 0.983. The third-order valence-electron chi connectivity index (χ3n) is 2.68. The fourth-order valence-corrected chi connectivity index (χ4v) is 2.42. The number of aliphatic hydroxyl groups excluding tert-OH is 1. The van der Waals surface area contributed by atoms with E-state index < -0.39 is 0 Å². The molecule has 2 N–H and O–H groups in total. The molecule has 0 saturated heterocycles. The van der Waals surface area contributed by atoms with Crippen molar-refractivity contribution in [2.24, 2.45) is 0 Å². The number of hydrogen-bond acceptors (Lipinski definition) is 2. The Hall–Kier alpha value is -0.280. The summed E-state index contributed by atoms with van der Waals surface area (Å²) in [6.45, 7) is 5.87. The van der Waals surface area contributed by atoms with Gasteiger partial charge in [0.15, 0.2) is 0 Å². The van der Waals surface area contributed by atoms with Crippen LogP contribution in [0, 0.1) is 0 Å². The Labute approximate surface area is 113 Å². The van der Waals surface area contributed by atoms with Crippen LogP contribution in [0.5, 0.6) is 0 Å². The van der Waals surface area contributed by atoms with E-state index in [1.165, 1.54) is 0 Å². The van der Waals surface area contributed by atoms with Crippen molar-refractivity contribution < 1.29 is 5.11 Å². The van der Waals surface area contributed by atoms with Crippen LogP contribution in [0.3, 0.4) is 0 Å². The van der Waals surface area contributed by atoms with Gasteiger partial charge >= 0.3 is 0 Å². The molecule has 17 heavy (non-hydrogen) atoms. The second kappa shape index (κ2) is 6.60. The Balaban J connectivity index is 2.69. The fourth-order valence-electron chi connectivity index (χ4n) is 1.95. The SMILES string of the molecule is CC(O)CC(C)NC(C)c1cccc(Cl)c1Cl. The Morgan fingerprint density at radius 3 is 2.47 bits per heavy atom. The van der Waals surface area contributed by atoms with Crippen molar-refractivity contribution in [3.63, 3.8) is 0 Å². The molecule has 1 aromatic carbocycles. The minimum absolute atomic E-state index is 0.106. The summed E-state index contributed by atoms with van der Waals surface area (Å²) in [5.74, 6) is 0. The van der Waals surface area contributed by atoms with E-state index in [0.29, 0.717) is 16.5 Å². The highest BCUT2D eigenvalue weighted by Gasteiger charge is 2.14. The first-order chi connectivity index (χ1) is 7.91. The van der Waals surface area contributed by atoms with E-state index in [9.17, 15) is 5.11 Å². The highest BCUT2D eigenvalue weighted by Crippen LogP contribution is 2.29. The number of nitrogens with one attached hydrogen (secondary N) is 1. The normalized spacial score (nSPS) is 16.6. The highest BCUT2D eigenvalue weighted by atomic mass is 35.5. The molecule has 96 valence electrons. The van der Waals surface area contributed by atoms with Gasteiger partial charge in [0, 0.05) is 12.1 Å². The molecule has 0 heterocycles. The number of halogens is 2. The van der Waals surface area contributed by atoms with Crippen molar-refractivity contribution in [1.29, 1.82) is 0 Å². The molecule has 0 spiro atoms. The first-order valence-corrected chi connectivity index (χ1v) is 6.55. The molecule has 0 aliphatic heterocycles. The van der Waals surface area contributed by atoms with Crippen LogP contribution < -0.4 is 5.32 Å². The lowest BCUT2D eigenvalue weighted by Crippen LogP contribution is -2.31. The lowest BCUT2D eigenvalue weighted by atomic mass is 10.1. The van der Waals surface area contributed by atoms with Gasteiger partial charge in [-0.25, -0.2) is 0 Å². The van der Waals surface area contributed by atoms with Crippen LogP contribution in [0.1, 0.15) is 38.8 Å². The van der Waals surface area contributed by atoms with Crippen molar-refractivity contribution >= 4 is 23.2 Å². The third kappa shape index (κ3) is 4.47. The van der Waals surface area contributed by atoms with Gasteiger partial charge in [-0.3, -0.25) is 0 Å². The smallest absolute Gasteiger partial charge is 0.0639 e. The van der Waals surface area contributed by atoms with E-state index in [0.717, 1.165) is 5.56 Å². The molecule has 2 nitrogen and oxygen atoms in total. The van der Waals surface area contributed by atoms with Gasteiger partial charge < -0.3 is 10.4 Å². The molecule has 4 heteroatoms. The van der Waals surface area contributed by atoms with Gasteiger partial charge in [-0.15, -0.1) is 0 Å². The summed E-state index contributed by atoms with van der Waals surface area (Å²) >= 11 is 12.1. The summed E-state index contributed by atoms with van der Waals surface area (Å²) in [6, 6.07) is 5.96. The maximum Gasteiger partial charge on any atom is 0.0639 e. The second-order valence-electron chi connectivity index (χ2n) is 4.52. The first kappa shape index (κ1) is 14.8. The fraction of sp³-hybridized carbons (Fsp3) is 0.538. The van der Waals surface area contributed by atoms with Gasteiger partial charge in [0.1, 0.15) is 0 Å². The van der Waals surface area contributed by atoms with Crippen LogP contribution in [-0.2, 0) is 0 Å². The molecule has 0 bridgehead atoms. The van der Waals surface area contributed by atoms with Crippen LogP contribution in [0.4, 0.5) is 0 Å². The molecule has 3 atom stereocenters. The quantitative estimate of drug-likeness (QED) is 0.857. The first-order valence-electron chi connectivity index (χ1n) is 5.79. The number of hydrogen-bond donors (Lipinski definition) is 2. The van der Waals surface area contributed by atoms with Crippen LogP contribution in [0.25, 0.3) is 0 Å². The van der Waals surface area contributed by atoms with Crippen LogP contribution in [0.2, 0.25) is 10.0 Å². The summed E-state index contributed by atoms with van der Waals surface area (Å²) in [5, 5.41) is 13.9. The lowest BCUT2D eigenvalue weighted by Gasteiger charge is -2.22. The maximum absolute atomic E-state index is 9.32. The lowest BCUT2D eigenvalue weighted by molar-refractivity contribution is 0.168. The zero-order chi connectivity index (χ0) is 13.0. The monoisotopic (exact) mass is 275 g/mol. The standard InChI is InChI=1S/C13H19Cl2NO/c1-8(7-9(2)17)16-10(3)11-5-4-6-12(14)13(11)15/h4-6,8-10,16-17H,7H2,1-3H3. The number of aliphatic hydroxyl groups is 1. The van der Waals surface area contributed by atoms with Crippen molar-refractivity contribution in [3.8, 4) is 0 Å². The van der Waals surface area contributed by atoms with Gasteiger partial charge in [-0.05, 0) is 38.8 Å². The van der Waals surface area contributed by atoms with E-state index in [1.807, 2.05) is 26.0 Å². The molecule has 1 rings (SSSR count). The topological polar surface area (TPSA) is 32.3 Å². The van der Waals surface area contributed by atoms with Gasteiger partial charge in [0.05, 0.1) is 16.1 Å². The average Bonchev–Trinajstić information content (AvgIpc) is 2.20. The van der Waals surface area contributed by atoms with Gasteiger partial charge in [0.2, 0.25) is 0 Å². The number of benzene rings is 1. The molecule has 0 aliphatic carbocycles. The molecular weight excluding hydrogens is 257 g/mol. The summed E-state index contributed by atoms with van der Waals surface area (Å²) in [4.78, 5) is 0. The van der Waals surface area contributed by atoms with Crippen LogP contribution in [0.15, 0.2) is 18.2 Å². The van der Waals surface area contributed by atoms with Crippen molar-refractivity contribution in [2.45, 2.75) is 45.4 Å². The minimum atomic E-state index is -0.306. The molecule has 0 amide bonds. The molecule has 0 aliphatic rings. The molecule has 0 aromatic heterocycles. The van der Waals surface area contributed by atoms with Crippen molar-refractivity contribution in [3.05, 3.63) is 33.8 Å². The zero-order valence-corrected chi connectivity index (χ0v) is 11.9. The van der Waals surface area contributed by atoms with Crippen LogP contribution in [-0.4, -0.2) is 17.3 Å². The molecule has 0 saturated carbocycles. The van der Waals surface area contributed by atoms with E-state index in [-0.39, 0.29) is 18.2 Å². The minimum Gasteiger partial charge on any atom is -0.393 e. The molecule has 0 radical (unpaired) electrons. The molecular formula is C13H19Cl2NO.